The van der Waals surface area contributed by atoms with Crippen LogP contribution in [0.25, 0.3) is 0 Å². The molecule has 1 aromatic rings. The Hall–Kier alpha value is -1.98. The summed E-state index contributed by atoms with van der Waals surface area (Å²) in [6.07, 6.45) is 8.57. The van der Waals surface area contributed by atoms with Gasteiger partial charge in [-0.05, 0) is 55.1 Å². The SMILES string of the molecule is O=C(O)CCC/C=C\C[C@@H]1[C@@H](/C=C/C(O)C2Cc3ccccc3C2)[C@@H](F)C[C@@H]1O. The molecule has 5 heteroatoms. The summed E-state index contributed by atoms with van der Waals surface area (Å²) in [4.78, 5) is 10.5. The maximum absolute atomic E-state index is 14.5. The molecule has 0 saturated heterocycles. The summed E-state index contributed by atoms with van der Waals surface area (Å²) in [6.45, 7) is 0. The van der Waals surface area contributed by atoms with Crippen LogP contribution in [0.1, 0.15) is 43.2 Å². The van der Waals surface area contributed by atoms with Crippen LogP contribution >= 0.6 is 0 Å². The number of aliphatic hydroxyl groups excluding tert-OH is 2. The molecule has 1 unspecified atom stereocenters. The van der Waals surface area contributed by atoms with Crippen LogP contribution in [-0.2, 0) is 17.6 Å². The van der Waals surface area contributed by atoms with Crippen molar-refractivity contribution in [3.63, 3.8) is 0 Å². The first-order chi connectivity index (χ1) is 14.0. The third kappa shape index (κ3) is 5.77. The van der Waals surface area contributed by atoms with E-state index in [4.69, 9.17) is 5.11 Å². The Morgan fingerprint density at radius 1 is 1.21 bits per heavy atom. The Kier molecular flexibility index (Phi) is 7.62. The molecule has 3 N–H and O–H groups in total. The molecule has 29 heavy (non-hydrogen) atoms. The van der Waals surface area contributed by atoms with Gasteiger partial charge in [0.15, 0.2) is 0 Å². The maximum atomic E-state index is 14.5. The largest absolute Gasteiger partial charge is 0.481 e. The van der Waals surface area contributed by atoms with Crippen molar-refractivity contribution in [2.45, 2.75) is 63.3 Å². The Balaban J connectivity index is 1.53. The minimum absolute atomic E-state index is 0.112. The van der Waals surface area contributed by atoms with E-state index in [1.165, 1.54) is 11.1 Å². The van der Waals surface area contributed by atoms with Gasteiger partial charge in [0.05, 0.1) is 12.2 Å². The molecular weight excluding hydrogens is 371 g/mol. The van der Waals surface area contributed by atoms with Crippen molar-refractivity contribution < 1.29 is 24.5 Å². The molecule has 1 saturated carbocycles. The third-order valence-corrected chi connectivity index (χ3v) is 6.31. The lowest BCUT2D eigenvalue weighted by molar-refractivity contribution is -0.137. The van der Waals surface area contributed by atoms with E-state index in [1.807, 2.05) is 24.3 Å². The lowest BCUT2D eigenvalue weighted by atomic mass is 9.89. The maximum Gasteiger partial charge on any atom is 0.303 e. The second-order valence-corrected chi connectivity index (χ2v) is 8.37. The number of carboxylic acids is 1. The minimum atomic E-state index is -1.11. The summed E-state index contributed by atoms with van der Waals surface area (Å²) in [7, 11) is 0. The van der Waals surface area contributed by atoms with E-state index in [-0.39, 0.29) is 24.7 Å². The zero-order valence-electron chi connectivity index (χ0n) is 16.7. The number of carboxylic acid groups (broad SMARTS) is 1. The van der Waals surface area contributed by atoms with E-state index in [9.17, 15) is 19.4 Å². The fourth-order valence-electron chi connectivity index (χ4n) is 4.64. The highest BCUT2D eigenvalue weighted by Crippen LogP contribution is 2.38. The Bertz CT molecular complexity index is 719. The van der Waals surface area contributed by atoms with Gasteiger partial charge in [0, 0.05) is 18.8 Å². The molecule has 2 aliphatic rings. The molecule has 5 atom stereocenters. The van der Waals surface area contributed by atoms with E-state index < -0.39 is 30.3 Å². The van der Waals surface area contributed by atoms with Crippen LogP contribution < -0.4 is 0 Å². The molecule has 2 aliphatic carbocycles. The monoisotopic (exact) mass is 402 g/mol. The van der Waals surface area contributed by atoms with Crippen molar-refractivity contribution >= 4 is 5.97 Å². The van der Waals surface area contributed by atoms with Crippen molar-refractivity contribution in [1.82, 2.24) is 0 Å². The molecule has 0 heterocycles. The number of allylic oxidation sites excluding steroid dienone is 3. The second-order valence-electron chi connectivity index (χ2n) is 8.37. The van der Waals surface area contributed by atoms with Gasteiger partial charge in [-0.2, -0.15) is 0 Å². The van der Waals surface area contributed by atoms with Gasteiger partial charge in [0.2, 0.25) is 0 Å². The second kappa shape index (κ2) is 10.2. The Morgan fingerprint density at radius 2 is 1.90 bits per heavy atom. The van der Waals surface area contributed by atoms with Crippen molar-refractivity contribution in [2.24, 2.45) is 17.8 Å². The highest BCUT2D eigenvalue weighted by atomic mass is 19.1. The first-order valence-corrected chi connectivity index (χ1v) is 10.6. The number of carbonyl (C=O) groups is 1. The summed E-state index contributed by atoms with van der Waals surface area (Å²) in [5, 5.41) is 29.5. The molecular formula is C24H31FO4. The Morgan fingerprint density at radius 3 is 2.55 bits per heavy atom. The zero-order chi connectivity index (χ0) is 20.8. The van der Waals surface area contributed by atoms with E-state index in [1.54, 1.807) is 12.2 Å². The summed E-state index contributed by atoms with van der Waals surface area (Å²) in [6, 6.07) is 8.21. The van der Waals surface area contributed by atoms with Crippen LogP contribution in [0.5, 0.6) is 0 Å². The van der Waals surface area contributed by atoms with Gasteiger partial charge >= 0.3 is 5.97 Å². The smallest absolute Gasteiger partial charge is 0.303 e. The van der Waals surface area contributed by atoms with Crippen molar-refractivity contribution in [3.05, 3.63) is 59.7 Å². The predicted octanol–water partition coefficient (Wildman–Crippen LogP) is 3.85. The number of benzene rings is 1. The van der Waals surface area contributed by atoms with Crippen LogP contribution in [0.2, 0.25) is 0 Å². The molecule has 0 aliphatic heterocycles. The number of hydrogen-bond donors (Lipinski definition) is 3. The number of unbranched alkanes of at least 4 members (excludes halogenated alkanes) is 1. The summed E-state index contributed by atoms with van der Waals surface area (Å²) >= 11 is 0. The van der Waals surface area contributed by atoms with Gasteiger partial charge < -0.3 is 15.3 Å². The number of fused-ring (bicyclic) bond motifs is 1. The standard InChI is InChI=1S/C24H31FO4/c25-21-15-23(27)20(9-3-1-2-4-10-24(28)29)19(21)11-12-22(26)18-13-16-7-5-6-8-17(16)14-18/h1,3,5-8,11-12,18-23,26-27H,2,4,9-10,13-15H2,(H,28,29)/b3-1-,12-11+/t19-,20-,21+,22?,23+/m1/s1. The number of alkyl halides is 1. The molecule has 0 bridgehead atoms. The zero-order valence-corrected chi connectivity index (χ0v) is 16.7. The van der Waals surface area contributed by atoms with Gasteiger partial charge in [-0.25, -0.2) is 4.39 Å². The predicted molar refractivity (Wildman–Crippen MR) is 110 cm³/mol. The topological polar surface area (TPSA) is 77.8 Å². The van der Waals surface area contributed by atoms with E-state index >= 15 is 0 Å². The average Bonchev–Trinajstić information content (AvgIpc) is 3.23. The first kappa shape index (κ1) is 21.7. The molecule has 0 spiro atoms. The summed E-state index contributed by atoms with van der Waals surface area (Å²) < 4.78 is 14.5. The molecule has 0 radical (unpaired) electrons. The Labute approximate surface area is 171 Å². The molecule has 158 valence electrons. The van der Waals surface area contributed by atoms with Gasteiger partial charge in [-0.15, -0.1) is 0 Å². The number of aliphatic carboxylic acids is 1. The quantitative estimate of drug-likeness (QED) is 0.433. The van der Waals surface area contributed by atoms with Crippen LogP contribution in [0.15, 0.2) is 48.6 Å². The molecule has 3 rings (SSSR count). The average molecular weight is 403 g/mol. The van der Waals surface area contributed by atoms with Gasteiger partial charge in [-0.3, -0.25) is 4.79 Å². The van der Waals surface area contributed by atoms with Crippen molar-refractivity contribution in [1.29, 1.82) is 0 Å². The lowest BCUT2D eigenvalue weighted by Gasteiger charge is -2.20. The van der Waals surface area contributed by atoms with E-state index in [0.717, 1.165) is 12.8 Å². The lowest BCUT2D eigenvalue weighted by Crippen LogP contribution is -2.21. The fraction of sp³-hybridized carbons (Fsp3) is 0.542. The number of rotatable bonds is 9. The summed E-state index contributed by atoms with van der Waals surface area (Å²) in [5.74, 6) is -1.32. The molecule has 4 nitrogen and oxygen atoms in total. The molecule has 0 aromatic heterocycles. The first-order valence-electron chi connectivity index (χ1n) is 10.6. The van der Waals surface area contributed by atoms with E-state index in [2.05, 4.69) is 12.1 Å². The minimum Gasteiger partial charge on any atom is -0.481 e. The third-order valence-electron chi connectivity index (χ3n) is 6.31. The molecule has 0 amide bonds. The fourth-order valence-corrected chi connectivity index (χ4v) is 4.64. The van der Waals surface area contributed by atoms with Gasteiger partial charge in [-0.1, -0.05) is 48.6 Å². The number of aliphatic hydroxyl groups is 2. The van der Waals surface area contributed by atoms with Crippen LogP contribution in [0, 0.1) is 17.8 Å². The van der Waals surface area contributed by atoms with Gasteiger partial charge in [0.25, 0.3) is 0 Å². The van der Waals surface area contributed by atoms with E-state index in [0.29, 0.717) is 19.3 Å². The van der Waals surface area contributed by atoms with Gasteiger partial charge in [0.1, 0.15) is 6.17 Å². The number of hydrogen-bond acceptors (Lipinski definition) is 3. The van der Waals surface area contributed by atoms with Crippen molar-refractivity contribution in [3.8, 4) is 0 Å². The van der Waals surface area contributed by atoms with Crippen LogP contribution in [0.4, 0.5) is 4.39 Å². The highest BCUT2D eigenvalue weighted by Gasteiger charge is 2.40. The molecule has 1 aromatic carbocycles. The normalized spacial score (nSPS) is 28.4. The van der Waals surface area contributed by atoms with Crippen molar-refractivity contribution in [2.75, 3.05) is 0 Å². The molecule has 1 fully saturated rings. The summed E-state index contributed by atoms with van der Waals surface area (Å²) in [5.41, 5.74) is 2.55. The highest BCUT2D eigenvalue weighted by molar-refractivity contribution is 5.66. The van der Waals surface area contributed by atoms with Crippen LogP contribution in [0.3, 0.4) is 0 Å². The van der Waals surface area contributed by atoms with Crippen LogP contribution in [-0.4, -0.2) is 39.7 Å². The number of halogens is 1.